The number of hydrogen-bond acceptors (Lipinski definition) is 5. The Balaban J connectivity index is 1.69. The topological polar surface area (TPSA) is 63.8 Å². The summed E-state index contributed by atoms with van der Waals surface area (Å²) in [5.74, 6) is 0. The summed E-state index contributed by atoms with van der Waals surface area (Å²) >= 11 is 0. The first kappa shape index (κ1) is 12.5. The van der Waals surface area contributed by atoms with Gasteiger partial charge in [-0.1, -0.05) is 24.3 Å². The largest absolute Gasteiger partial charge is 0.423 e. The molecule has 2 aromatic heterocycles. The van der Waals surface area contributed by atoms with Crippen LogP contribution in [0.2, 0.25) is 0 Å². The average molecular weight is 288 g/mol. The molecule has 0 unspecified atom stereocenters. The molecule has 0 radical (unpaired) electrons. The van der Waals surface area contributed by atoms with Gasteiger partial charge in [0.2, 0.25) is 0 Å². The minimum atomic E-state index is 0.475. The molecule has 0 aliphatic rings. The van der Waals surface area contributed by atoms with Crippen LogP contribution in [0.5, 0.6) is 0 Å². The summed E-state index contributed by atoms with van der Waals surface area (Å²) in [5.41, 5.74) is 4.42. The highest BCUT2D eigenvalue weighted by molar-refractivity contribution is 5.81. The molecule has 5 nitrogen and oxygen atoms in total. The minimum Gasteiger partial charge on any atom is -0.423 e. The Hall–Kier alpha value is -3.21. The van der Waals surface area contributed by atoms with E-state index in [1.807, 2.05) is 48.5 Å². The van der Waals surface area contributed by atoms with Gasteiger partial charge in [0, 0.05) is 23.6 Å². The van der Waals surface area contributed by atoms with Crippen LogP contribution in [0.15, 0.2) is 71.7 Å². The fourth-order valence-corrected chi connectivity index (χ4v) is 2.25. The van der Waals surface area contributed by atoms with Gasteiger partial charge in [-0.25, -0.2) is 9.97 Å². The van der Waals surface area contributed by atoms with Crippen LogP contribution in [0.1, 0.15) is 0 Å². The van der Waals surface area contributed by atoms with Gasteiger partial charge in [0.25, 0.3) is 6.01 Å². The van der Waals surface area contributed by atoms with E-state index in [4.69, 9.17) is 4.42 Å². The second-order valence-corrected chi connectivity index (χ2v) is 4.82. The minimum absolute atomic E-state index is 0.475. The van der Waals surface area contributed by atoms with Gasteiger partial charge in [-0.2, -0.15) is 4.98 Å². The van der Waals surface area contributed by atoms with Crippen molar-refractivity contribution in [3.8, 4) is 11.1 Å². The normalized spacial score (nSPS) is 10.7. The van der Waals surface area contributed by atoms with E-state index in [2.05, 4.69) is 20.3 Å². The van der Waals surface area contributed by atoms with E-state index in [-0.39, 0.29) is 0 Å². The Kier molecular flexibility index (Phi) is 3.01. The molecule has 0 atom stereocenters. The van der Waals surface area contributed by atoms with Crippen LogP contribution >= 0.6 is 0 Å². The number of nitrogens with zero attached hydrogens (tertiary/aromatic N) is 3. The molecule has 4 rings (SSSR count). The number of rotatable bonds is 3. The molecule has 0 bridgehead atoms. The van der Waals surface area contributed by atoms with E-state index in [1.54, 1.807) is 12.4 Å². The molecule has 22 heavy (non-hydrogen) atoms. The highest BCUT2D eigenvalue weighted by atomic mass is 16.4. The van der Waals surface area contributed by atoms with Crippen molar-refractivity contribution >= 4 is 22.8 Å². The van der Waals surface area contributed by atoms with Gasteiger partial charge in [-0.3, -0.25) is 0 Å². The summed E-state index contributed by atoms with van der Waals surface area (Å²) in [7, 11) is 0. The second kappa shape index (κ2) is 5.29. The lowest BCUT2D eigenvalue weighted by molar-refractivity contribution is 0.623. The van der Waals surface area contributed by atoms with E-state index < -0.39 is 0 Å². The Morgan fingerprint density at radius 3 is 2.50 bits per heavy atom. The van der Waals surface area contributed by atoms with Gasteiger partial charge in [-0.15, -0.1) is 0 Å². The summed E-state index contributed by atoms with van der Waals surface area (Å²) in [6.45, 7) is 0. The van der Waals surface area contributed by atoms with E-state index in [0.717, 1.165) is 27.9 Å². The molecule has 0 aliphatic carbocycles. The van der Waals surface area contributed by atoms with Crippen LogP contribution in [0.4, 0.5) is 11.7 Å². The molecular weight excluding hydrogens is 276 g/mol. The Morgan fingerprint density at radius 2 is 1.68 bits per heavy atom. The molecule has 1 N–H and O–H groups in total. The van der Waals surface area contributed by atoms with E-state index in [9.17, 15) is 0 Å². The lowest BCUT2D eigenvalue weighted by atomic mass is 10.1. The van der Waals surface area contributed by atoms with Crippen LogP contribution in [0, 0.1) is 0 Å². The number of fused-ring (bicyclic) bond motifs is 1. The molecule has 4 aromatic rings. The van der Waals surface area contributed by atoms with Gasteiger partial charge in [0.15, 0.2) is 5.58 Å². The summed E-state index contributed by atoms with van der Waals surface area (Å²) < 4.78 is 5.71. The van der Waals surface area contributed by atoms with E-state index in [1.165, 1.54) is 6.33 Å². The molecule has 0 saturated carbocycles. The monoisotopic (exact) mass is 288 g/mol. The zero-order valence-corrected chi connectivity index (χ0v) is 11.6. The highest BCUT2D eigenvalue weighted by Crippen LogP contribution is 2.26. The Bertz CT molecular complexity index is 904. The average Bonchev–Trinajstić information content (AvgIpc) is 2.98. The molecule has 0 spiro atoms. The van der Waals surface area contributed by atoms with Gasteiger partial charge in [-0.05, 0) is 29.8 Å². The zero-order valence-electron chi connectivity index (χ0n) is 11.6. The van der Waals surface area contributed by atoms with Gasteiger partial charge >= 0.3 is 0 Å². The predicted octanol–water partition coefficient (Wildman–Crippen LogP) is 4.03. The fourth-order valence-electron chi connectivity index (χ4n) is 2.25. The molecule has 0 aliphatic heterocycles. The van der Waals surface area contributed by atoms with Gasteiger partial charge in [0.1, 0.15) is 11.8 Å². The fraction of sp³-hybridized carbons (Fsp3) is 0. The molecule has 106 valence electrons. The Labute approximate surface area is 126 Å². The van der Waals surface area contributed by atoms with Gasteiger partial charge < -0.3 is 9.73 Å². The van der Waals surface area contributed by atoms with Crippen LogP contribution in [-0.2, 0) is 0 Å². The molecule has 0 saturated heterocycles. The van der Waals surface area contributed by atoms with Crippen molar-refractivity contribution in [3.63, 3.8) is 0 Å². The summed E-state index contributed by atoms with van der Waals surface area (Å²) in [4.78, 5) is 12.5. The maximum atomic E-state index is 5.71. The van der Waals surface area contributed by atoms with Crippen molar-refractivity contribution in [2.24, 2.45) is 0 Å². The van der Waals surface area contributed by atoms with Gasteiger partial charge in [0.05, 0.1) is 0 Å². The van der Waals surface area contributed by atoms with Crippen LogP contribution in [-0.4, -0.2) is 15.0 Å². The van der Waals surface area contributed by atoms with Crippen LogP contribution in [0.3, 0.4) is 0 Å². The maximum absolute atomic E-state index is 5.71. The number of benzene rings is 2. The Morgan fingerprint density at radius 1 is 0.864 bits per heavy atom. The van der Waals surface area contributed by atoms with Crippen molar-refractivity contribution in [2.45, 2.75) is 0 Å². The van der Waals surface area contributed by atoms with Crippen LogP contribution in [0.25, 0.3) is 22.2 Å². The quantitative estimate of drug-likeness (QED) is 0.616. The first-order valence-corrected chi connectivity index (χ1v) is 6.86. The third-order valence-corrected chi connectivity index (χ3v) is 3.31. The molecule has 2 aromatic carbocycles. The summed E-state index contributed by atoms with van der Waals surface area (Å²) in [6, 6.07) is 16.1. The van der Waals surface area contributed by atoms with Crippen molar-refractivity contribution in [1.82, 2.24) is 15.0 Å². The number of hydrogen-bond donors (Lipinski definition) is 1. The predicted molar refractivity (Wildman–Crippen MR) is 84.8 cm³/mol. The smallest absolute Gasteiger partial charge is 0.300 e. The highest BCUT2D eigenvalue weighted by Gasteiger charge is 2.08. The number of para-hydroxylation sites is 1. The number of oxazole rings is 1. The third kappa shape index (κ3) is 2.40. The third-order valence-electron chi connectivity index (χ3n) is 3.31. The number of aromatic nitrogens is 3. The van der Waals surface area contributed by atoms with Crippen molar-refractivity contribution < 1.29 is 4.42 Å². The van der Waals surface area contributed by atoms with E-state index >= 15 is 0 Å². The standard InChI is InChI=1S/C17H12N4O/c1-2-4-14(5-3-1)20-17-21-15-8-12(6-7-16(15)22-17)13-9-18-11-19-10-13/h1-11H,(H,20,21). The first-order valence-electron chi connectivity index (χ1n) is 6.86. The summed E-state index contributed by atoms with van der Waals surface area (Å²) in [5, 5.41) is 3.15. The number of nitrogens with one attached hydrogen (secondary N) is 1. The van der Waals surface area contributed by atoms with Crippen molar-refractivity contribution in [1.29, 1.82) is 0 Å². The van der Waals surface area contributed by atoms with Crippen molar-refractivity contribution in [3.05, 3.63) is 67.3 Å². The number of anilines is 2. The summed E-state index contributed by atoms with van der Waals surface area (Å²) in [6.07, 6.45) is 5.06. The van der Waals surface area contributed by atoms with Crippen LogP contribution < -0.4 is 5.32 Å². The molecule has 2 heterocycles. The lowest BCUT2D eigenvalue weighted by Crippen LogP contribution is -1.88. The SMILES string of the molecule is c1ccc(Nc2nc3cc(-c4cncnc4)ccc3o2)cc1. The molecule has 5 heteroatoms. The molecule has 0 amide bonds. The maximum Gasteiger partial charge on any atom is 0.300 e. The first-order chi connectivity index (χ1) is 10.9. The molecular formula is C17H12N4O. The second-order valence-electron chi connectivity index (χ2n) is 4.82. The van der Waals surface area contributed by atoms with Crippen molar-refractivity contribution in [2.75, 3.05) is 5.32 Å². The zero-order chi connectivity index (χ0) is 14.8. The van der Waals surface area contributed by atoms with E-state index in [0.29, 0.717) is 6.01 Å². The lowest BCUT2D eigenvalue weighted by Gasteiger charge is -1.98. The molecule has 0 fully saturated rings.